The summed E-state index contributed by atoms with van der Waals surface area (Å²) in [5, 5.41) is 0. The summed E-state index contributed by atoms with van der Waals surface area (Å²) < 4.78 is 0. The van der Waals surface area contributed by atoms with Crippen LogP contribution in [0, 0.1) is 5.92 Å². The van der Waals surface area contributed by atoms with Crippen LogP contribution >= 0.6 is 0 Å². The molecule has 1 unspecified atom stereocenters. The maximum absolute atomic E-state index is 13.2. The molecule has 2 saturated carbocycles. The third-order valence-corrected chi connectivity index (χ3v) is 6.65. The molecule has 22 heavy (non-hydrogen) atoms. The van der Waals surface area contributed by atoms with E-state index in [1.54, 1.807) is 0 Å². The summed E-state index contributed by atoms with van der Waals surface area (Å²) in [7, 11) is 0. The highest BCUT2D eigenvalue weighted by atomic mass is 16.2. The van der Waals surface area contributed by atoms with Gasteiger partial charge in [0.05, 0.1) is 0 Å². The van der Waals surface area contributed by atoms with Crippen LogP contribution in [0.1, 0.15) is 70.6 Å². The smallest absolute Gasteiger partial charge is 0.248 e. The minimum atomic E-state index is -0.454. The maximum Gasteiger partial charge on any atom is 0.248 e. The standard InChI is InChI=1S/C18H28N2O2/c21-16(14-6-4-7-14)20-12-5-10-18(20)11-13-19(17(18)22)15-8-2-1-3-9-15/h14-15H,1-13H2. The molecule has 0 aromatic rings. The average molecular weight is 304 g/mol. The van der Waals surface area contributed by atoms with Crippen molar-refractivity contribution in [3.8, 4) is 0 Å². The van der Waals surface area contributed by atoms with E-state index in [0.717, 1.165) is 45.2 Å². The molecule has 2 aliphatic carbocycles. The summed E-state index contributed by atoms with van der Waals surface area (Å²) in [5.41, 5.74) is -0.454. The molecule has 4 rings (SSSR count). The third-order valence-electron chi connectivity index (χ3n) is 6.65. The Morgan fingerprint density at radius 1 is 0.909 bits per heavy atom. The normalized spacial score (nSPS) is 33.7. The highest BCUT2D eigenvalue weighted by Crippen LogP contribution is 2.43. The van der Waals surface area contributed by atoms with E-state index in [0.29, 0.717) is 6.04 Å². The Balaban J connectivity index is 1.52. The number of hydrogen-bond acceptors (Lipinski definition) is 2. The van der Waals surface area contributed by atoms with Gasteiger partial charge in [-0.2, -0.15) is 0 Å². The van der Waals surface area contributed by atoms with Gasteiger partial charge >= 0.3 is 0 Å². The van der Waals surface area contributed by atoms with E-state index >= 15 is 0 Å². The van der Waals surface area contributed by atoms with E-state index in [9.17, 15) is 9.59 Å². The second-order valence-electron chi connectivity index (χ2n) is 7.79. The van der Waals surface area contributed by atoms with E-state index in [-0.39, 0.29) is 17.7 Å². The van der Waals surface area contributed by atoms with Gasteiger partial charge < -0.3 is 9.80 Å². The average Bonchev–Trinajstić information content (AvgIpc) is 3.05. The van der Waals surface area contributed by atoms with E-state index < -0.39 is 5.54 Å². The van der Waals surface area contributed by atoms with E-state index in [1.807, 2.05) is 4.90 Å². The lowest BCUT2D eigenvalue weighted by molar-refractivity contribution is -0.151. The number of carbonyl (C=O) groups is 2. The lowest BCUT2D eigenvalue weighted by Gasteiger charge is -2.39. The number of carbonyl (C=O) groups excluding carboxylic acids is 2. The quantitative estimate of drug-likeness (QED) is 0.787. The first-order valence-corrected chi connectivity index (χ1v) is 9.35. The van der Waals surface area contributed by atoms with Crippen molar-refractivity contribution in [2.24, 2.45) is 5.92 Å². The van der Waals surface area contributed by atoms with Crippen LogP contribution < -0.4 is 0 Å². The molecule has 0 bridgehead atoms. The second kappa shape index (κ2) is 5.54. The lowest BCUT2D eigenvalue weighted by atomic mass is 9.83. The predicted molar refractivity (Wildman–Crippen MR) is 84.2 cm³/mol. The van der Waals surface area contributed by atoms with Crippen LogP contribution in [-0.4, -0.2) is 46.3 Å². The molecule has 0 aromatic heterocycles. The van der Waals surface area contributed by atoms with Gasteiger partial charge in [-0.15, -0.1) is 0 Å². The van der Waals surface area contributed by atoms with Crippen molar-refractivity contribution in [1.29, 1.82) is 0 Å². The fourth-order valence-corrected chi connectivity index (χ4v) is 5.08. The molecular formula is C18H28N2O2. The van der Waals surface area contributed by atoms with Gasteiger partial charge in [0.2, 0.25) is 11.8 Å². The highest BCUT2D eigenvalue weighted by Gasteiger charge is 2.56. The van der Waals surface area contributed by atoms with Crippen LogP contribution in [-0.2, 0) is 9.59 Å². The van der Waals surface area contributed by atoms with Gasteiger partial charge in [0.25, 0.3) is 0 Å². The molecular weight excluding hydrogens is 276 g/mol. The fourth-order valence-electron chi connectivity index (χ4n) is 5.08. The Hall–Kier alpha value is -1.06. The van der Waals surface area contributed by atoms with Crippen LogP contribution in [0.25, 0.3) is 0 Å². The Labute approximate surface area is 133 Å². The van der Waals surface area contributed by atoms with Gasteiger partial charge in [0.1, 0.15) is 5.54 Å². The first kappa shape index (κ1) is 14.5. The summed E-state index contributed by atoms with van der Waals surface area (Å²) in [4.78, 5) is 30.1. The number of likely N-dealkylation sites (tertiary alicyclic amines) is 2. The van der Waals surface area contributed by atoms with Crippen molar-refractivity contribution in [2.45, 2.75) is 82.2 Å². The van der Waals surface area contributed by atoms with Gasteiger partial charge in [-0.3, -0.25) is 9.59 Å². The van der Waals surface area contributed by atoms with Crippen molar-refractivity contribution in [3.05, 3.63) is 0 Å². The molecule has 4 nitrogen and oxygen atoms in total. The van der Waals surface area contributed by atoms with Crippen molar-refractivity contribution < 1.29 is 9.59 Å². The molecule has 0 N–H and O–H groups in total. The van der Waals surface area contributed by atoms with Crippen LogP contribution in [0.15, 0.2) is 0 Å². The molecule has 2 aliphatic heterocycles. The molecule has 1 spiro atoms. The van der Waals surface area contributed by atoms with E-state index in [2.05, 4.69) is 4.90 Å². The fraction of sp³-hybridized carbons (Fsp3) is 0.889. The van der Waals surface area contributed by atoms with Gasteiger partial charge in [0.15, 0.2) is 0 Å². The Bertz CT molecular complexity index is 468. The minimum Gasteiger partial charge on any atom is -0.338 e. The summed E-state index contributed by atoms with van der Waals surface area (Å²) in [6.45, 7) is 1.68. The zero-order valence-corrected chi connectivity index (χ0v) is 13.6. The number of rotatable bonds is 2. The molecule has 4 aliphatic rings. The zero-order chi connectivity index (χ0) is 15.2. The SMILES string of the molecule is O=C(C1CCC1)N1CCCC12CCN(C1CCCCC1)C2=O. The molecule has 2 amide bonds. The topological polar surface area (TPSA) is 40.6 Å². The molecule has 2 saturated heterocycles. The molecule has 122 valence electrons. The van der Waals surface area contributed by atoms with E-state index in [4.69, 9.17) is 0 Å². The van der Waals surface area contributed by atoms with Gasteiger partial charge in [-0.1, -0.05) is 25.7 Å². The van der Waals surface area contributed by atoms with Crippen LogP contribution in [0.3, 0.4) is 0 Å². The molecule has 4 fully saturated rings. The summed E-state index contributed by atoms with van der Waals surface area (Å²) >= 11 is 0. The molecule has 4 heteroatoms. The second-order valence-corrected chi connectivity index (χ2v) is 7.79. The Morgan fingerprint density at radius 3 is 2.36 bits per heavy atom. The lowest BCUT2D eigenvalue weighted by Crippen LogP contribution is -2.56. The molecule has 1 atom stereocenters. The first-order chi connectivity index (χ1) is 10.7. The van der Waals surface area contributed by atoms with Gasteiger partial charge in [-0.05, 0) is 44.9 Å². The Morgan fingerprint density at radius 2 is 1.68 bits per heavy atom. The van der Waals surface area contributed by atoms with Crippen LogP contribution in [0.4, 0.5) is 0 Å². The summed E-state index contributed by atoms with van der Waals surface area (Å²) in [6.07, 6.45) is 12.2. The maximum atomic E-state index is 13.2. The van der Waals surface area contributed by atoms with Crippen molar-refractivity contribution >= 4 is 11.8 Å². The zero-order valence-electron chi connectivity index (χ0n) is 13.6. The minimum absolute atomic E-state index is 0.214. The van der Waals surface area contributed by atoms with Crippen molar-refractivity contribution in [1.82, 2.24) is 9.80 Å². The third kappa shape index (κ3) is 2.10. The van der Waals surface area contributed by atoms with E-state index in [1.165, 1.54) is 38.5 Å². The van der Waals surface area contributed by atoms with Crippen LogP contribution in [0.2, 0.25) is 0 Å². The highest BCUT2D eigenvalue weighted by molar-refractivity contribution is 5.94. The number of hydrogen-bond donors (Lipinski definition) is 0. The van der Waals surface area contributed by atoms with Crippen molar-refractivity contribution in [2.75, 3.05) is 13.1 Å². The number of amides is 2. The monoisotopic (exact) mass is 304 g/mol. The largest absolute Gasteiger partial charge is 0.338 e. The molecule has 0 radical (unpaired) electrons. The Kier molecular flexibility index (Phi) is 3.66. The first-order valence-electron chi connectivity index (χ1n) is 9.35. The molecule has 2 heterocycles. The van der Waals surface area contributed by atoms with Crippen LogP contribution in [0.5, 0.6) is 0 Å². The summed E-state index contributed by atoms with van der Waals surface area (Å²) in [6, 6.07) is 0.446. The van der Waals surface area contributed by atoms with Crippen molar-refractivity contribution in [3.63, 3.8) is 0 Å². The summed E-state index contributed by atoms with van der Waals surface area (Å²) in [5.74, 6) is 0.777. The van der Waals surface area contributed by atoms with Gasteiger partial charge in [-0.25, -0.2) is 0 Å². The molecule has 0 aromatic carbocycles. The number of nitrogens with zero attached hydrogens (tertiary/aromatic N) is 2. The van der Waals surface area contributed by atoms with Gasteiger partial charge in [0, 0.05) is 25.0 Å². The predicted octanol–water partition coefficient (Wildman–Crippen LogP) is 2.71.